The van der Waals surface area contributed by atoms with Gasteiger partial charge in [0.25, 0.3) is 5.91 Å². The van der Waals surface area contributed by atoms with Crippen molar-refractivity contribution in [2.45, 2.75) is 102 Å². The van der Waals surface area contributed by atoms with Crippen molar-refractivity contribution in [3.05, 3.63) is 34.9 Å². The number of hydrogen-bond acceptors (Lipinski definition) is 3. The molecule has 5 rings (SSSR count). The van der Waals surface area contributed by atoms with Crippen LogP contribution in [0, 0.1) is 11.3 Å². The van der Waals surface area contributed by atoms with Gasteiger partial charge >= 0.3 is 0 Å². The summed E-state index contributed by atoms with van der Waals surface area (Å²) in [7, 11) is 1.81. The number of rotatable bonds is 4. The van der Waals surface area contributed by atoms with E-state index in [9.17, 15) is 4.79 Å². The van der Waals surface area contributed by atoms with Crippen molar-refractivity contribution in [3.63, 3.8) is 0 Å². The number of fused-ring (bicyclic) bond motifs is 3. The number of benzene rings is 1. The van der Waals surface area contributed by atoms with Crippen molar-refractivity contribution in [1.82, 2.24) is 10.2 Å². The summed E-state index contributed by atoms with van der Waals surface area (Å²) in [6.07, 6.45) is 13.2. The summed E-state index contributed by atoms with van der Waals surface area (Å²) in [5.74, 6) is 0.952. The molecule has 0 aromatic heterocycles. The second-order valence-electron chi connectivity index (χ2n) is 11.0. The van der Waals surface area contributed by atoms with Crippen molar-refractivity contribution in [1.29, 1.82) is 0 Å². The van der Waals surface area contributed by atoms with Crippen LogP contribution in [0.5, 0.6) is 0 Å². The molecule has 32 heavy (non-hydrogen) atoms. The van der Waals surface area contributed by atoms with Gasteiger partial charge in [-0.25, -0.2) is 0 Å². The van der Waals surface area contributed by atoms with Gasteiger partial charge in [0, 0.05) is 18.6 Å². The maximum Gasteiger partial charge on any atom is 0.259 e. The molecule has 1 aromatic rings. The van der Waals surface area contributed by atoms with E-state index >= 15 is 0 Å². The lowest BCUT2D eigenvalue weighted by molar-refractivity contribution is -0.139. The second-order valence-corrected chi connectivity index (χ2v) is 11.4. The van der Waals surface area contributed by atoms with Crippen LogP contribution in [-0.2, 0) is 27.9 Å². The second kappa shape index (κ2) is 8.39. The van der Waals surface area contributed by atoms with Crippen LogP contribution in [0.2, 0.25) is 0 Å². The van der Waals surface area contributed by atoms with Crippen LogP contribution < -0.4 is 5.32 Å². The fourth-order valence-electron chi connectivity index (χ4n) is 7.25. The third-order valence-corrected chi connectivity index (χ3v) is 9.24. The Labute approximate surface area is 198 Å². The highest BCUT2D eigenvalue weighted by atomic mass is 32.1. The molecule has 174 valence electrons. The Morgan fingerprint density at radius 2 is 1.88 bits per heavy atom. The van der Waals surface area contributed by atoms with E-state index in [4.69, 9.17) is 17.0 Å². The molecule has 1 aliphatic heterocycles. The first-order valence-electron chi connectivity index (χ1n) is 12.7. The Balaban J connectivity index is 1.56. The van der Waals surface area contributed by atoms with E-state index in [1.54, 1.807) is 0 Å². The van der Waals surface area contributed by atoms with Gasteiger partial charge in [0.1, 0.15) is 0 Å². The van der Waals surface area contributed by atoms with Crippen LogP contribution in [-0.4, -0.2) is 35.2 Å². The maximum atomic E-state index is 14.2. The number of nitrogens with zero attached hydrogens (tertiary/aromatic N) is 1. The molecule has 5 heteroatoms. The molecule has 4 nitrogen and oxygen atoms in total. The van der Waals surface area contributed by atoms with E-state index in [0.29, 0.717) is 11.2 Å². The summed E-state index contributed by atoms with van der Waals surface area (Å²) in [4.78, 5) is 16.1. The Morgan fingerprint density at radius 1 is 1.16 bits per heavy atom. The highest BCUT2D eigenvalue weighted by molar-refractivity contribution is 7.80. The molecule has 1 aromatic carbocycles. The minimum Gasteiger partial charge on any atom is -0.381 e. The van der Waals surface area contributed by atoms with Gasteiger partial charge in [0.2, 0.25) is 0 Å². The number of hydrogen-bond donors (Lipinski definition) is 1. The average molecular weight is 455 g/mol. The minimum absolute atomic E-state index is 0.0590. The number of carbonyl (C=O) groups is 1. The number of thiocarbonyl (C=S) groups is 1. The standard InChI is InChI=1S/C27H38N2O2S/c1-18(2)29-24(30)27(28-25(29)32)23-16-20(15-19-7-5-4-6-8-19)9-10-21(23)17-26(27)13-11-22(31-3)12-14-26/h9-10,16,18-19,22H,4-8,11-15,17H2,1-3H3,(H,28,32)/t22-,26-,27?. The smallest absolute Gasteiger partial charge is 0.259 e. The van der Waals surface area contributed by atoms with Gasteiger partial charge in [-0.3, -0.25) is 9.69 Å². The van der Waals surface area contributed by atoms with Gasteiger partial charge in [0.05, 0.1) is 6.10 Å². The zero-order chi connectivity index (χ0) is 22.5. The first-order chi connectivity index (χ1) is 15.4. The van der Waals surface area contributed by atoms with E-state index in [0.717, 1.165) is 44.4 Å². The fraction of sp³-hybridized carbons (Fsp3) is 0.704. The number of amides is 1. The summed E-state index contributed by atoms with van der Waals surface area (Å²) in [5, 5.41) is 4.26. The number of ether oxygens (including phenoxy) is 1. The van der Waals surface area contributed by atoms with Crippen molar-refractivity contribution in [2.75, 3.05) is 7.11 Å². The monoisotopic (exact) mass is 454 g/mol. The summed E-state index contributed by atoms with van der Waals surface area (Å²) in [6, 6.07) is 7.09. The molecule has 1 heterocycles. The van der Waals surface area contributed by atoms with Crippen molar-refractivity contribution < 1.29 is 9.53 Å². The predicted octanol–water partition coefficient (Wildman–Crippen LogP) is 5.26. The molecule has 1 atom stereocenters. The third kappa shape index (κ3) is 3.34. The van der Waals surface area contributed by atoms with Gasteiger partial charge in [-0.2, -0.15) is 0 Å². The third-order valence-electron chi connectivity index (χ3n) is 8.94. The molecule has 2 saturated carbocycles. The van der Waals surface area contributed by atoms with E-state index in [1.165, 1.54) is 48.8 Å². The van der Waals surface area contributed by atoms with Gasteiger partial charge in [-0.05, 0) is 87.2 Å². The van der Waals surface area contributed by atoms with Gasteiger partial charge < -0.3 is 10.1 Å². The Hall–Kier alpha value is -1.46. The van der Waals surface area contributed by atoms with Crippen molar-refractivity contribution >= 4 is 23.2 Å². The molecular formula is C27H38N2O2S. The first kappa shape index (κ1) is 22.3. The summed E-state index contributed by atoms with van der Waals surface area (Å²) in [6.45, 7) is 4.13. The molecule has 1 N–H and O–H groups in total. The SMILES string of the molecule is CO[C@H]1CC[C@]2(CC1)Cc1ccc(CC3CCCCC3)cc1C21NC(=S)N(C(C)C)C1=O. The van der Waals surface area contributed by atoms with Crippen LogP contribution in [0.15, 0.2) is 18.2 Å². The minimum atomic E-state index is -0.717. The van der Waals surface area contributed by atoms with Crippen LogP contribution in [0.4, 0.5) is 0 Å². The highest BCUT2D eigenvalue weighted by Crippen LogP contribution is 2.60. The first-order valence-corrected chi connectivity index (χ1v) is 13.1. The van der Waals surface area contributed by atoms with E-state index in [1.807, 2.05) is 12.0 Å². The zero-order valence-electron chi connectivity index (χ0n) is 19.9. The molecule has 0 radical (unpaired) electrons. The molecule has 0 bridgehead atoms. The van der Waals surface area contributed by atoms with Crippen LogP contribution in [0.3, 0.4) is 0 Å². The average Bonchev–Trinajstić information content (AvgIpc) is 3.21. The van der Waals surface area contributed by atoms with Gasteiger partial charge in [0.15, 0.2) is 10.7 Å². The number of carbonyl (C=O) groups excluding carboxylic acids is 1. The van der Waals surface area contributed by atoms with Gasteiger partial charge in [-0.15, -0.1) is 0 Å². The fourth-order valence-corrected chi connectivity index (χ4v) is 7.70. The molecule has 4 aliphatic rings. The number of methoxy groups -OCH3 is 1. The van der Waals surface area contributed by atoms with Crippen molar-refractivity contribution in [3.8, 4) is 0 Å². The lowest BCUT2D eigenvalue weighted by atomic mass is 9.61. The molecule has 1 unspecified atom stereocenters. The molecular weight excluding hydrogens is 416 g/mol. The zero-order valence-corrected chi connectivity index (χ0v) is 20.7. The van der Waals surface area contributed by atoms with Crippen LogP contribution in [0.25, 0.3) is 0 Å². The molecule has 3 aliphatic carbocycles. The maximum absolute atomic E-state index is 14.2. The van der Waals surface area contributed by atoms with E-state index in [-0.39, 0.29) is 17.4 Å². The van der Waals surface area contributed by atoms with Crippen LogP contribution in [0.1, 0.15) is 88.3 Å². The van der Waals surface area contributed by atoms with E-state index < -0.39 is 5.54 Å². The van der Waals surface area contributed by atoms with Crippen molar-refractivity contribution in [2.24, 2.45) is 11.3 Å². The summed E-state index contributed by atoms with van der Waals surface area (Å²) < 4.78 is 5.69. The van der Waals surface area contributed by atoms with Gasteiger partial charge in [-0.1, -0.05) is 50.3 Å². The Kier molecular flexibility index (Phi) is 5.86. The molecule has 3 fully saturated rings. The molecule has 2 spiro atoms. The predicted molar refractivity (Wildman–Crippen MR) is 132 cm³/mol. The molecule has 1 saturated heterocycles. The quantitative estimate of drug-likeness (QED) is 0.630. The summed E-state index contributed by atoms with van der Waals surface area (Å²) in [5.41, 5.74) is 3.09. The largest absolute Gasteiger partial charge is 0.381 e. The van der Waals surface area contributed by atoms with Crippen LogP contribution >= 0.6 is 12.2 Å². The highest BCUT2D eigenvalue weighted by Gasteiger charge is 2.67. The topological polar surface area (TPSA) is 41.6 Å². The molecule has 1 amide bonds. The Morgan fingerprint density at radius 3 is 2.50 bits per heavy atom. The lowest BCUT2D eigenvalue weighted by Gasteiger charge is -2.46. The summed E-state index contributed by atoms with van der Waals surface area (Å²) >= 11 is 5.76. The van der Waals surface area contributed by atoms with E-state index in [2.05, 4.69) is 37.4 Å². The Bertz CT molecular complexity index is 899. The normalized spacial score (nSPS) is 32.9. The number of nitrogens with one attached hydrogen (secondary N) is 1. The lowest BCUT2D eigenvalue weighted by Crippen LogP contribution is -2.57.